The Morgan fingerprint density at radius 2 is 1.70 bits per heavy atom. The van der Waals surface area contributed by atoms with Crippen molar-refractivity contribution < 1.29 is 14.3 Å². The Morgan fingerprint density at radius 3 is 2.32 bits per heavy atom. The van der Waals surface area contributed by atoms with Crippen molar-refractivity contribution in [1.82, 2.24) is 15.1 Å². The van der Waals surface area contributed by atoms with Crippen molar-refractivity contribution in [2.75, 3.05) is 51.5 Å². The molecular weight excluding hydrogens is 513 g/mol. The smallest absolute Gasteiger partial charge is 0.256 e. The van der Waals surface area contributed by atoms with E-state index in [0.29, 0.717) is 44.0 Å². The standard InChI is InChI=1S/C27H29Cl2N5O3/c1-5-34(2)13-12-30-18-9-6-16(7-10-18)27(35)31-26-19-11-8-17(14-20(19)32-33-26)23-24(28)21(36-3)15-22(37-4)25(23)29/h6-11,14-15,30H,5,12-13H2,1-4H3,(H2,31,32,33,35). The first-order valence-electron chi connectivity index (χ1n) is 11.8. The minimum Gasteiger partial charge on any atom is -0.495 e. The molecule has 0 unspecified atom stereocenters. The fourth-order valence-electron chi connectivity index (χ4n) is 3.88. The van der Waals surface area contributed by atoms with Crippen molar-refractivity contribution in [1.29, 1.82) is 0 Å². The van der Waals surface area contributed by atoms with Gasteiger partial charge in [-0.2, -0.15) is 5.10 Å². The van der Waals surface area contributed by atoms with E-state index < -0.39 is 0 Å². The number of benzene rings is 3. The maximum atomic E-state index is 12.9. The van der Waals surface area contributed by atoms with Gasteiger partial charge in [-0.05, 0) is 55.6 Å². The van der Waals surface area contributed by atoms with E-state index in [4.69, 9.17) is 32.7 Å². The van der Waals surface area contributed by atoms with Gasteiger partial charge in [-0.25, -0.2) is 0 Å². The van der Waals surface area contributed by atoms with Crippen LogP contribution in [-0.2, 0) is 0 Å². The third kappa shape index (κ3) is 5.77. The number of ether oxygens (including phenoxy) is 2. The average Bonchev–Trinajstić information content (AvgIpc) is 3.31. The van der Waals surface area contributed by atoms with Crippen molar-refractivity contribution in [2.45, 2.75) is 6.92 Å². The lowest BCUT2D eigenvalue weighted by Gasteiger charge is -2.15. The molecule has 4 rings (SSSR count). The van der Waals surface area contributed by atoms with Gasteiger partial charge in [-0.3, -0.25) is 9.89 Å². The Balaban J connectivity index is 1.52. The summed E-state index contributed by atoms with van der Waals surface area (Å²) in [5.41, 5.74) is 3.53. The predicted octanol–water partition coefficient (Wildman–Crippen LogP) is 6.17. The largest absolute Gasteiger partial charge is 0.495 e. The van der Waals surface area contributed by atoms with Crippen molar-refractivity contribution in [3.8, 4) is 22.6 Å². The van der Waals surface area contributed by atoms with E-state index in [1.807, 2.05) is 30.3 Å². The summed E-state index contributed by atoms with van der Waals surface area (Å²) in [6.45, 7) is 4.89. The van der Waals surface area contributed by atoms with E-state index in [1.165, 1.54) is 14.2 Å². The number of carbonyl (C=O) groups excluding carboxylic acids is 1. The van der Waals surface area contributed by atoms with Crippen LogP contribution in [0.1, 0.15) is 17.3 Å². The van der Waals surface area contributed by atoms with Crippen LogP contribution in [0.15, 0.2) is 48.5 Å². The number of hydrogen-bond donors (Lipinski definition) is 3. The molecule has 0 bridgehead atoms. The van der Waals surface area contributed by atoms with Gasteiger partial charge in [0.15, 0.2) is 5.82 Å². The molecule has 0 aliphatic heterocycles. The molecular formula is C27H29Cl2N5O3. The Bertz CT molecular complexity index is 1380. The van der Waals surface area contributed by atoms with Gasteiger partial charge >= 0.3 is 0 Å². The van der Waals surface area contributed by atoms with Crippen molar-refractivity contribution in [3.63, 3.8) is 0 Å². The lowest BCUT2D eigenvalue weighted by molar-refractivity contribution is 0.102. The summed E-state index contributed by atoms with van der Waals surface area (Å²) in [5.74, 6) is 1.07. The van der Waals surface area contributed by atoms with Crippen molar-refractivity contribution >= 4 is 51.5 Å². The fraction of sp³-hybridized carbons (Fsp3) is 0.259. The van der Waals surface area contributed by atoms with Crippen LogP contribution < -0.4 is 20.1 Å². The Labute approximate surface area is 225 Å². The van der Waals surface area contributed by atoms with Gasteiger partial charge in [0.05, 0.1) is 29.8 Å². The maximum absolute atomic E-state index is 12.9. The highest BCUT2D eigenvalue weighted by Crippen LogP contribution is 2.46. The SMILES string of the molecule is CCN(C)CCNc1ccc(C(=O)Nc2n[nH]c3cc(-c4c(Cl)c(OC)cc(OC)c4Cl)ccc23)cc1. The average molecular weight is 542 g/mol. The molecule has 194 valence electrons. The van der Waals surface area contributed by atoms with Gasteiger partial charge in [0.2, 0.25) is 0 Å². The summed E-state index contributed by atoms with van der Waals surface area (Å²) in [6.07, 6.45) is 0. The normalized spacial score (nSPS) is 11.1. The molecule has 0 saturated carbocycles. The Hall–Kier alpha value is -3.46. The number of hydrogen-bond acceptors (Lipinski definition) is 6. The van der Waals surface area contributed by atoms with Crippen LogP contribution in [0.3, 0.4) is 0 Å². The molecule has 0 saturated heterocycles. The van der Waals surface area contributed by atoms with E-state index in [1.54, 1.807) is 18.2 Å². The van der Waals surface area contributed by atoms with Gasteiger partial charge in [0.1, 0.15) is 11.5 Å². The molecule has 0 aliphatic carbocycles. The highest BCUT2D eigenvalue weighted by molar-refractivity contribution is 6.41. The number of carbonyl (C=O) groups is 1. The van der Waals surface area contributed by atoms with E-state index >= 15 is 0 Å². The first-order chi connectivity index (χ1) is 17.9. The van der Waals surface area contributed by atoms with Gasteiger partial charge in [0, 0.05) is 41.4 Å². The number of anilines is 2. The van der Waals surface area contributed by atoms with E-state index in [-0.39, 0.29) is 5.91 Å². The molecule has 0 fully saturated rings. The summed E-state index contributed by atoms with van der Waals surface area (Å²) in [5, 5.41) is 15.0. The molecule has 1 aromatic heterocycles. The molecule has 37 heavy (non-hydrogen) atoms. The summed E-state index contributed by atoms with van der Waals surface area (Å²) < 4.78 is 10.8. The fourth-order valence-corrected chi connectivity index (χ4v) is 4.60. The second kappa shape index (κ2) is 11.7. The lowest BCUT2D eigenvalue weighted by Crippen LogP contribution is -2.24. The van der Waals surface area contributed by atoms with Crippen LogP contribution in [0.5, 0.6) is 11.5 Å². The van der Waals surface area contributed by atoms with Crippen LogP contribution in [0.2, 0.25) is 10.0 Å². The molecule has 10 heteroatoms. The molecule has 0 radical (unpaired) electrons. The lowest BCUT2D eigenvalue weighted by atomic mass is 10.0. The number of halogens is 2. The number of rotatable bonds is 10. The Morgan fingerprint density at radius 1 is 1.03 bits per heavy atom. The third-order valence-electron chi connectivity index (χ3n) is 6.17. The molecule has 3 aromatic carbocycles. The Kier molecular flexibility index (Phi) is 8.43. The minimum absolute atomic E-state index is 0.252. The maximum Gasteiger partial charge on any atom is 0.256 e. The number of fused-ring (bicyclic) bond motifs is 1. The molecule has 1 amide bonds. The van der Waals surface area contributed by atoms with E-state index in [9.17, 15) is 4.79 Å². The molecule has 1 heterocycles. The summed E-state index contributed by atoms with van der Waals surface area (Å²) >= 11 is 13.2. The van der Waals surface area contributed by atoms with Gasteiger partial charge in [-0.1, -0.05) is 36.2 Å². The zero-order chi connectivity index (χ0) is 26.5. The summed E-state index contributed by atoms with van der Waals surface area (Å²) in [7, 11) is 5.14. The van der Waals surface area contributed by atoms with Gasteiger partial charge in [-0.15, -0.1) is 0 Å². The molecule has 3 N–H and O–H groups in total. The number of nitrogens with one attached hydrogen (secondary N) is 3. The number of likely N-dealkylation sites (N-methyl/N-ethyl adjacent to an activating group) is 1. The summed E-state index contributed by atoms with van der Waals surface area (Å²) in [6, 6.07) is 14.6. The number of amides is 1. The number of aromatic nitrogens is 2. The highest BCUT2D eigenvalue weighted by Gasteiger charge is 2.20. The monoisotopic (exact) mass is 541 g/mol. The van der Waals surface area contributed by atoms with Crippen LogP contribution in [0, 0.1) is 0 Å². The second-order valence-electron chi connectivity index (χ2n) is 8.47. The molecule has 0 aliphatic rings. The molecule has 0 atom stereocenters. The van der Waals surface area contributed by atoms with Crippen LogP contribution in [0.25, 0.3) is 22.0 Å². The minimum atomic E-state index is -0.252. The number of nitrogens with zero attached hydrogens (tertiary/aromatic N) is 2. The van der Waals surface area contributed by atoms with Crippen LogP contribution in [-0.4, -0.2) is 61.9 Å². The van der Waals surface area contributed by atoms with E-state index in [0.717, 1.165) is 36.3 Å². The van der Waals surface area contributed by atoms with Crippen molar-refractivity contribution in [2.24, 2.45) is 0 Å². The number of aromatic amines is 1. The number of methoxy groups -OCH3 is 2. The van der Waals surface area contributed by atoms with Gasteiger partial charge in [0.25, 0.3) is 5.91 Å². The molecule has 4 aromatic rings. The summed E-state index contributed by atoms with van der Waals surface area (Å²) in [4.78, 5) is 15.1. The quantitative estimate of drug-likeness (QED) is 0.222. The van der Waals surface area contributed by atoms with Crippen molar-refractivity contribution in [3.05, 3.63) is 64.1 Å². The third-order valence-corrected chi connectivity index (χ3v) is 6.92. The zero-order valence-corrected chi connectivity index (χ0v) is 22.6. The first-order valence-corrected chi connectivity index (χ1v) is 12.5. The first kappa shape index (κ1) is 26.6. The molecule has 0 spiro atoms. The van der Waals surface area contributed by atoms with Crippen LogP contribution >= 0.6 is 23.2 Å². The van der Waals surface area contributed by atoms with Gasteiger partial charge < -0.3 is 25.0 Å². The second-order valence-corrected chi connectivity index (χ2v) is 9.23. The number of H-pyrrole nitrogens is 1. The zero-order valence-electron chi connectivity index (χ0n) is 21.1. The molecule has 8 nitrogen and oxygen atoms in total. The van der Waals surface area contributed by atoms with E-state index in [2.05, 4.69) is 39.7 Å². The highest BCUT2D eigenvalue weighted by atomic mass is 35.5. The predicted molar refractivity (Wildman–Crippen MR) is 151 cm³/mol. The topological polar surface area (TPSA) is 91.5 Å². The van der Waals surface area contributed by atoms with Crippen LogP contribution in [0.4, 0.5) is 11.5 Å².